The van der Waals surface area contributed by atoms with Crippen molar-refractivity contribution in [3.63, 3.8) is 0 Å². The number of imidazole rings is 1. The number of hydrogen-bond donors (Lipinski definition) is 2. The number of rotatable bonds is 4. The van der Waals surface area contributed by atoms with Crippen molar-refractivity contribution in [3.8, 4) is 11.5 Å². The highest BCUT2D eigenvalue weighted by Gasteiger charge is 2.27. The van der Waals surface area contributed by atoms with Crippen molar-refractivity contribution in [2.75, 3.05) is 30.7 Å². The zero-order valence-corrected chi connectivity index (χ0v) is 18.5. The summed E-state index contributed by atoms with van der Waals surface area (Å²) in [5.74, 6) is 0.742. The van der Waals surface area contributed by atoms with Crippen LogP contribution in [0.3, 0.4) is 0 Å². The number of nitrogens with one attached hydrogen (secondary N) is 1. The summed E-state index contributed by atoms with van der Waals surface area (Å²) >= 11 is 0. The third kappa shape index (κ3) is 4.90. The van der Waals surface area contributed by atoms with E-state index in [1.165, 1.54) is 18.5 Å². The number of amides is 1. The van der Waals surface area contributed by atoms with Crippen molar-refractivity contribution in [2.45, 2.75) is 39.2 Å². The summed E-state index contributed by atoms with van der Waals surface area (Å²) in [6.45, 7) is 7.48. The molecular formula is C22H28FN7O2. The maximum atomic E-state index is 13.7. The first-order valence-electron chi connectivity index (χ1n) is 10.7. The van der Waals surface area contributed by atoms with Crippen LogP contribution in [0, 0.1) is 11.7 Å². The number of aromatic nitrogens is 4. The standard InChI is InChI=1S/C22H28FN7O2/c1-22(2,3)32-21(31)29-8-4-5-14(12-29)9-26-19-16(24)10-27-20(28-19)17-11-25-18-7-6-15(23)13-30(17)18/h6-7,10-11,13-14H,4-5,8-9,12,24H2,1-3H3,(H,26,27,28)/t14-/m1/s1. The summed E-state index contributed by atoms with van der Waals surface area (Å²) < 4.78 is 20.8. The fourth-order valence-electron chi connectivity index (χ4n) is 3.74. The minimum atomic E-state index is -0.519. The van der Waals surface area contributed by atoms with E-state index < -0.39 is 5.60 Å². The van der Waals surface area contributed by atoms with Gasteiger partial charge in [0.1, 0.15) is 22.8 Å². The van der Waals surface area contributed by atoms with Gasteiger partial charge in [0.15, 0.2) is 11.6 Å². The first-order valence-corrected chi connectivity index (χ1v) is 10.7. The molecule has 1 aliphatic rings. The quantitative estimate of drug-likeness (QED) is 0.637. The summed E-state index contributed by atoms with van der Waals surface area (Å²) in [7, 11) is 0. The second kappa shape index (κ2) is 8.60. The largest absolute Gasteiger partial charge is 0.444 e. The number of carbonyl (C=O) groups is 1. The van der Waals surface area contributed by atoms with Crippen LogP contribution in [0.15, 0.2) is 30.7 Å². The number of likely N-dealkylation sites (tertiary alicyclic amines) is 1. The summed E-state index contributed by atoms with van der Waals surface area (Å²) in [6.07, 6.45) is 6.07. The van der Waals surface area contributed by atoms with Gasteiger partial charge in [-0.3, -0.25) is 4.40 Å². The van der Waals surface area contributed by atoms with Gasteiger partial charge >= 0.3 is 6.09 Å². The van der Waals surface area contributed by atoms with Crippen LogP contribution in [0.1, 0.15) is 33.6 Å². The lowest BCUT2D eigenvalue weighted by atomic mass is 9.98. The predicted octanol–water partition coefficient (Wildman–Crippen LogP) is 3.57. The minimum Gasteiger partial charge on any atom is -0.444 e. The molecule has 0 unspecified atom stereocenters. The van der Waals surface area contributed by atoms with E-state index in [0.29, 0.717) is 48.3 Å². The highest BCUT2D eigenvalue weighted by Crippen LogP contribution is 2.24. The van der Waals surface area contributed by atoms with Gasteiger partial charge in [0, 0.05) is 25.8 Å². The molecule has 0 aromatic carbocycles. The number of fused-ring (bicyclic) bond motifs is 1. The van der Waals surface area contributed by atoms with E-state index in [2.05, 4.69) is 20.3 Å². The fourth-order valence-corrected chi connectivity index (χ4v) is 3.74. The van der Waals surface area contributed by atoms with Crippen molar-refractivity contribution in [1.29, 1.82) is 0 Å². The molecule has 1 fully saturated rings. The van der Waals surface area contributed by atoms with Gasteiger partial charge in [0.25, 0.3) is 0 Å². The lowest BCUT2D eigenvalue weighted by Gasteiger charge is -2.34. The van der Waals surface area contributed by atoms with Crippen LogP contribution >= 0.6 is 0 Å². The van der Waals surface area contributed by atoms with Crippen molar-refractivity contribution in [3.05, 3.63) is 36.5 Å². The average Bonchev–Trinajstić information content (AvgIpc) is 3.15. The topological polar surface area (TPSA) is 111 Å². The molecule has 10 heteroatoms. The van der Waals surface area contributed by atoms with Crippen molar-refractivity contribution >= 4 is 23.2 Å². The number of ether oxygens (including phenoxy) is 1. The monoisotopic (exact) mass is 441 g/mol. The van der Waals surface area contributed by atoms with Crippen molar-refractivity contribution < 1.29 is 13.9 Å². The second-order valence-electron chi connectivity index (χ2n) is 9.03. The molecule has 9 nitrogen and oxygen atoms in total. The maximum Gasteiger partial charge on any atom is 0.410 e. The van der Waals surface area contributed by atoms with Gasteiger partial charge in [-0.25, -0.2) is 24.1 Å². The third-order valence-electron chi connectivity index (χ3n) is 5.24. The van der Waals surface area contributed by atoms with E-state index in [0.717, 1.165) is 12.8 Å². The van der Waals surface area contributed by atoms with Gasteiger partial charge in [0.05, 0.1) is 18.1 Å². The first-order chi connectivity index (χ1) is 15.2. The fraction of sp³-hybridized carbons (Fsp3) is 0.455. The molecule has 32 heavy (non-hydrogen) atoms. The Hall–Kier alpha value is -3.43. The van der Waals surface area contributed by atoms with Crippen molar-refractivity contribution in [2.24, 2.45) is 5.92 Å². The SMILES string of the molecule is CC(C)(C)OC(=O)N1CCC[C@H](CNc2nc(-c3cnc4ccc(F)cn34)ncc2N)C1. The van der Waals surface area contributed by atoms with Gasteiger partial charge in [-0.05, 0) is 51.7 Å². The number of nitrogens with zero attached hydrogens (tertiary/aromatic N) is 5. The van der Waals surface area contributed by atoms with Crippen LogP contribution in [0.5, 0.6) is 0 Å². The molecule has 4 rings (SSSR count). The molecule has 0 aliphatic carbocycles. The molecule has 3 aromatic rings. The van der Waals surface area contributed by atoms with Gasteiger partial charge in [-0.2, -0.15) is 0 Å². The van der Waals surface area contributed by atoms with E-state index in [9.17, 15) is 9.18 Å². The number of nitrogens with two attached hydrogens (primary N) is 1. The summed E-state index contributed by atoms with van der Waals surface area (Å²) in [5.41, 5.74) is 7.14. The van der Waals surface area contributed by atoms with E-state index in [1.807, 2.05) is 20.8 Å². The smallest absolute Gasteiger partial charge is 0.410 e. The Labute approximate surface area is 185 Å². The van der Waals surface area contributed by atoms with E-state index >= 15 is 0 Å². The second-order valence-corrected chi connectivity index (χ2v) is 9.03. The summed E-state index contributed by atoms with van der Waals surface area (Å²) in [6, 6.07) is 2.95. The van der Waals surface area contributed by atoms with Gasteiger partial charge in [-0.15, -0.1) is 0 Å². The molecule has 3 aromatic heterocycles. The lowest BCUT2D eigenvalue weighted by molar-refractivity contribution is 0.0172. The molecule has 0 spiro atoms. The number of piperidine rings is 1. The number of halogens is 1. The van der Waals surface area contributed by atoms with E-state index in [1.54, 1.807) is 21.6 Å². The Morgan fingerprint density at radius 3 is 2.91 bits per heavy atom. The Kier molecular flexibility index (Phi) is 5.86. The van der Waals surface area contributed by atoms with Crippen molar-refractivity contribution in [1.82, 2.24) is 24.3 Å². The van der Waals surface area contributed by atoms with Gasteiger partial charge in [-0.1, -0.05) is 0 Å². The Balaban J connectivity index is 1.46. The molecule has 0 saturated carbocycles. The molecule has 4 heterocycles. The Bertz CT molecular complexity index is 1130. The number of pyridine rings is 1. The summed E-state index contributed by atoms with van der Waals surface area (Å²) in [5, 5.41) is 3.29. The van der Waals surface area contributed by atoms with Crippen LogP contribution in [0.2, 0.25) is 0 Å². The third-order valence-corrected chi connectivity index (χ3v) is 5.24. The molecule has 3 N–H and O–H groups in total. The van der Waals surface area contributed by atoms with Gasteiger partial charge in [0.2, 0.25) is 0 Å². The van der Waals surface area contributed by atoms with E-state index in [-0.39, 0.29) is 17.8 Å². The molecule has 0 radical (unpaired) electrons. The molecule has 1 atom stereocenters. The highest BCUT2D eigenvalue weighted by molar-refractivity contribution is 5.68. The zero-order valence-electron chi connectivity index (χ0n) is 18.5. The minimum absolute atomic E-state index is 0.235. The zero-order chi connectivity index (χ0) is 22.9. The number of carbonyl (C=O) groups excluding carboxylic acids is 1. The van der Waals surface area contributed by atoms with Gasteiger partial charge < -0.3 is 20.7 Å². The highest BCUT2D eigenvalue weighted by atomic mass is 19.1. The normalized spacial score (nSPS) is 16.9. The Morgan fingerprint density at radius 1 is 1.31 bits per heavy atom. The maximum absolute atomic E-state index is 13.7. The van der Waals surface area contributed by atoms with Crippen LogP contribution < -0.4 is 11.1 Å². The predicted molar refractivity (Wildman–Crippen MR) is 120 cm³/mol. The first kappa shape index (κ1) is 21.8. The van der Waals surface area contributed by atoms with Crippen LogP contribution in [-0.2, 0) is 4.74 Å². The molecule has 1 saturated heterocycles. The van der Waals surface area contributed by atoms with Crippen LogP contribution in [0.25, 0.3) is 17.2 Å². The average molecular weight is 442 g/mol. The molecule has 1 aliphatic heterocycles. The molecule has 0 bridgehead atoms. The Morgan fingerprint density at radius 2 is 2.12 bits per heavy atom. The number of anilines is 2. The van der Waals surface area contributed by atoms with E-state index in [4.69, 9.17) is 10.5 Å². The van der Waals surface area contributed by atoms with Crippen LogP contribution in [0.4, 0.5) is 20.7 Å². The molecular weight excluding hydrogens is 413 g/mol. The number of nitrogen functional groups attached to an aromatic ring is 1. The molecule has 1 amide bonds. The number of hydrogen-bond acceptors (Lipinski definition) is 7. The molecule has 170 valence electrons. The van der Waals surface area contributed by atoms with Crippen LogP contribution in [-0.4, -0.2) is 55.6 Å². The summed E-state index contributed by atoms with van der Waals surface area (Å²) in [4.78, 5) is 27.3. The lowest BCUT2D eigenvalue weighted by Crippen LogP contribution is -2.44.